The van der Waals surface area contributed by atoms with E-state index in [2.05, 4.69) is 0 Å². The predicted molar refractivity (Wildman–Crippen MR) is 96.2 cm³/mol. The predicted octanol–water partition coefficient (Wildman–Crippen LogP) is 3.25. The van der Waals surface area contributed by atoms with E-state index < -0.39 is 35.1 Å². The molecular weight excluding hydrogens is 389 g/mol. The molecule has 0 spiro atoms. The first-order valence-corrected chi connectivity index (χ1v) is 9.53. The van der Waals surface area contributed by atoms with Crippen molar-refractivity contribution in [3.05, 3.63) is 58.4 Å². The van der Waals surface area contributed by atoms with Gasteiger partial charge in [-0.15, -0.1) is 0 Å². The molecule has 0 radical (unpaired) electrons. The van der Waals surface area contributed by atoms with Gasteiger partial charge in [-0.3, -0.25) is 4.79 Å². The number of carbonyl (C=O) groups excluding carboxylic acids is 1. The average Bonchev–Trinajstić information content (AvgIpc) is 2.92. The van der Waals surface area contributed by atoms with Crippen LogP contribution in [0.2, 0.25) is 0 Å². The topological polar surface area (TPSA) is 117 Å². The number of esters is 1. The maximum atomic E-state index is 13.7. The summed E-state index contributed by atoms with van der Waals surface area (Å²) in [6.45, 7) is 1.23. The van der Waals surface area contributed by atoms with Crippen molar-refractivity contribution < 1.29 is 32.5 Å². The molecule has 0 aliphatic heterocycles. The van der Waals surface area contributed by atoms with E-state index in [0.717, 1.165) is 12.1 Å². The SMILES string of the molecule is CC(=O)O[C@@H]1CC(O)c2c(Oc3cc(F)cc(C#N)c3)ccc(CS(=O)O)c21. The normalized spacial score (nSPS) is 18.8. The zero-order valence-electron chi connectivity index (χ0n) is 14.7. The highest BCUT2D eigenvalue weighted by Gasteiger charge is 2.37. The lowest BCUT2D eigenvalue weighted by molar-refractivity contribution is -0.147. The molecule has 28 heavy (non-hydrogen) atoms. The number of nitrogens with zero attached hydrogens (tertiary/aromatic N) is 1. The number of benzene rings is 2. The summed E-state index contributed by atoms with van der Waals surface area (Å²) in [5.41, 5.74) is 1.21. The first kappa shape index (κ1) is 19.9. The largest absolute Gasteiger partial charge is 0.458 e. The van der Waals surface area contributed by atoms with Crippen LogP contribution in [-0.4, -0.2) is 19.8 Å². The first-order valence-electron chi connectivity index (χ1n) is 8.25. The fourth-order valence-electron chi connectivity index (χ4n) is 3.29. The smallest absolute Gasteiger partial charge is 0.303 e. The second-order valence-electron chi connectivity index (χ2n) is 6.26. The molecule has 3 rings (SSSR count). The summed E-state index contributed by atoms with van der Waals surface area (Å²) < 4.78 is 45.2. The Hall–Kier alpha value is -2.80. The van der Waals surface area contributed by atoms with E-state index in [1.807, 2.05) is 6.07 Å². The van der Waals surface area contributed by atoms with E-state index in [1.165, 1.54) is 25.1 Å². The Morgan fingerprint density at radius 1 is 1.36 bits per heavy atom. The molecule has 146 valence electrons. The van der Waals surface area contributed by atoms with Crippen LogP contribution in [0.15, 0.2) is 30.3 Å². The molecule has 0 aromatic heterocycles. The van der Waals surface area contributed by atoms with Gasteiger partial charge >= 0.3 is 5.97 Å². The molecule has 0 saturated carbocycles. The van der Waals surface area contributed by atoms with E-state index >= 15 is 0 Å². The number of halogens is 1. The maximum Gasteiger partial charge on any atom is 0.303 e. The molecule has 1 aliphatic rings. The number of nitriles is 1. The summed E-state index contributed by atoms with van der Waals surface area (Å²) >= 11 is -2.15. The Bertz CT molecular complexity index is 1000. The molecule has 0 saturated heterocycles. The molecule has 2 aromatic carbocycles. The Balaban J connectivity index is 2.08. The molecule has 3 atom stereocenters. The van der Waals surface area contributed by atoms with Crippen molar-refractivity contribution in [3.8, 4) is 17.6 Å². The molecule has 7 nitrogen and oxygen atoms in total. The van der Waals surface area contributed by atoms with Crippen molar-refractivity contribution >= 4 is 17.0 Å². The quantitative estimate of drug-likeness (QED) is 0.579. The van der Waals surface area contributed by atoms with Crippen molar-refractivity contribution in [1.29, 1.82) is 5.26 Å². The molecule has 2 N–H and O–H groups in total. The van der Waals surface area contributed by atoms with Gasteiger partial charge in [0.15, 0.2) is 11.1 Å². The standard InChI is InChI=1S/C19H16FNO6S/c1-10(22)26-17-7-15(23)19-16(3-2-12(18(17)19)9-28(24)25)27-14-5-11(8-21)4-13(20)6-14/h2-6,15,17,23H,7,9H2,1H3,(H,24,25)/t15?,17-/m1/s1. The van der Waals surface area contributed by atoms with E-state index in [4.69, 9.17) is 14.7 Å². The molecule has 2 unspecified atom stereocenters. The van der Waals surface area contributed by atoms with Gasteiger partial charge in [-0.2, -0.15) is 5.26 Å². The molecule has 9 heteroatoms. The van der Waals surface area contributed by atoms with Gasteiger partial charge in [-0.25, -0.2) is 8.60 Å². The van der Waals surface area contributed by atoms with Crippen LogP contribution in [-0.2, 0) is 26.4 Å². The molecule has 2 aromatic rings. The number of ether oxygens (including phenoxy) is 2. The second kappa shape index (κ2) is 8.06. The molecule has 0 amide bonds. The van der Waals surface area contributed by atoms with Crippen molar-refractivity contribution in [2.45, 2.75) is 31.3 Å². The van der Waals surface area contributed by atoms with Crippen LogP contribution >= 0.6 is 0 Å². The van der Waals surface area contributed by atoms with Crippen molar-refractivity contribution in [1.82, 2.24) is 0 Å². The Morgan fingerprint density at radius 3 is 2.75 bits per heavy atom. The Morgan fingerprint density at radius 2 is 2.11 bits per heavy atom. The van der Waals surface area contributed by atoms with Gasteiger partial charge in [-0.05, 0) is 23.8 Å². The van der Waals surface area contributed by atoms with Crippen LogP contribution < -0.4 is 4.74 Å². The molecule has 1 aliphatic carbocycles. The Labute approximate surface area is 162 Å². The number of aliphatic hydroxyl groups excluding tert-OH is 1. The van der Waals surface area contributed by atoms with Crippen LogP contribution in [0.1, 0.15) is 47.8 Å². The van der Waals surface area contributed by atoms with E-state index in [1.54, 1.807) is 0 Å². The monoisotopic (exact) mass is 405 g/mol. The van der Waals surface area contributed by atoms with Crippen molar-refractivity contribution in [2.75, 3.05) is 0 Å². The summed E-state index contributed by atoms with van der Waals surface area (Å²) in [7, 11) is 0. The lowest BCUT2D eigenvalue weighted by atomic mass is 10.0. The third-order valence-electron chi connectivity index (χ3n) is 4.25. The fraction of sp³-hybridized carbons (Fsp3) is 0.263. The number of hydrogen-bond donors (Lipinski definition) is 2. The van der Waals surface area contributed by atoms with Crippen LogP contribution in [0.3, 0.4) is 0 Å². The lowest BCUT2D eigenvalue weighted by Crippen LogP contribution is -2.09. The maximum absolute atomic E-state index is 13.7. The van der Waals surface area contributed by atoms with Gasteiger partial charge < -0.3 is 19.1 Å². The minimum atomic E-state index is -2.15. The number of aliphatic hydroxyl groups is 1. The number of fused-ring (bicyclic) bond motifs is 1. The average molecular weight is 405 g/mol. The number of hydrogen-bond acceptors (Lipinski definition) is 6. The lowest BCUT2D eigenvalue weighted by Gasteiger charge is -2.17. The van der Waals surface area contributed by atoms with Gasteiger partial charge in [0.05, 0.1) is 23.5 Å². The highest BCUT2D eigenvalue weighted by Crippen LogP contribution is 2.48. The van der Waals surface area contributed by atoms with Gasteiger partial charge in [0.2, 0.25) is 0 Å². The van der Waals surface area contributed by atoms with Crippen LogP contribution in [0.4, 0.5) is 4.39 Å². The van der Waals surface area contributed by atoms with E-state index in [9.17, 15) is 23.1 Å². The first-order chi connectivity index (χ1) is 13.3. The van der Waals surface area contributed by atoms with Crippen LogP contribution in [0.5, 0.6) is 11.5 Å². The molecule has 0 heterocycles. The summed E-state index contributed by atoms with van der Waals surface area (Å²) in [5.74, 6) is -1.20. The molecule has 0 bridgehead atoms. The van der Waals surface area contributed by atoms with E-state index in [-0.39, 0.29) is 29.2 Å². The zero-order chi connectivity index (χ0) is 20.4. The van der Waals surface area contributed by atoms with Gasteiger partial charge in [-0.1, -0.05) is 6.07 Å². The third-order valence-corrected chi connectivity index (χ3v) is 4.80. The second-order valence-corrected chi connectivity index (χ2v) is 7.19. The fourth-order valence-corrected chi connectivity index (χ4v) is 3.81. The highest BCUT2D eigenvalue weighted by atomic mass is 32.2. The Kier molecular flexibility index (Phi) is 5.74. The summed E-state index contributed by atoms with van der Waals surface area (Å²) in [6, 6.07) is 8.33. The third kappa shape index (κ3) is 4.20. The zero-order valence-corrected chi connectivity index (χ0v) is 15.5. The molecular formula is C19H16FNO6S. The summed E-state index contributed by atoms with van der Waals surface area (Å²) in [6.07, 6.45) is -1.79. The molecule has 0 fully saturated rings. The number of rotatable bonds is 5. The van der Waals surface area contributed by atoms with Gasteiger partial charge in [0, 0.05) is 30.5 Å². The van der Waals surface area contributed by atoms with Crippen LogP contribution in [0.25, 0.3) is 0 Å². The minimum absolute atomic E-state index is 0.0559. The summed E-state index contributed by atoms with van der Waals surface area (Å²) in [5, 5.41) is 19.5. The minimum Gasteiger partial charge on any atom is -0.458 e. The van der Waals surface area contributed by atoms with E-state index in [0.29, 0.717) is 16.7 Å². The number of carbonyl (C=O) groups is 1. The van der Waals surface area contributed by atoms with Crippen LogP contribution in [0, 0.1) is 17.1 Å². The van der Waals surface area contributed by atoms with Crippen molar-refractivity contribution in [2.24, 2.45) is 0 Å². The van der Waals surface area contributed by atoms with Gasteiger partial charge in [0.1, 0.15) is 23.4 Å². The van der Waals surface area contributed by atoms with Crippen molar-refractivity contribution in [3.63, 3.8) is 0 Å². The summed E-state index contributed by atoms with van der Waals surface area (Å²) in [4.78, 5) is 11.4. The van der Waals surface area contributed by atoms with Gasteiger partial charge in [0.25, 0.3) is 0 Å². The highest BCUT2D eigenvalue weighted by molar-refractivity contribution is 7.78.